The predicted molar refractivity (Wildman–Crippen MR) is 82.5 cm³/mol. The van der Waals surface area contributed by atoms with Gasteiger partial charge in [-0.25, -0.2) is 15.0 Å². The number of carbonyl (C=O) groups is 1. The first kappa shape index (κ1) is 13.7. The van der Waals surface area contributed by atoms with E-state index >= 15 is 0 Å². The fourth-order valence-electron chi connectivity index (χ4n) is 1.73. The largest absolute Gasteiger partial charge is 0.296 e. The SMILES string of the molecule is O=C(Nc1nccs1)c1cc(-c2cccc(Cl)c2)ncn1. The van der Waals surface area contributed by atoms with Gasteiger partial charge in [0.05, 0.1) is 5.69 Å². The highest BCUT2D eigenvalue weighted by Gasteiger charge is 2.11. The van der Waals surface area contributed by atoms with Gasteiger partial charge in [0, 0.05) is 22.2 Å². The fourth-order valence-corrected chi connectivity index (χ4v) is 2.45. The number of halogens is 1. The molecule has 0 saturated heterocycles. The summed E-state index contributed by atoms with van der Waals surface area (Å²) in [5, 5.41) is 5.61. The van der Waals surface area contributed by atoms with Crippen molar-refractivity contribution in [3.8, 4) is 11.3 Å². The smallest absolute Gasteiger partial charge is 0.276 e. The molecule has 0 unspecified atom stereocenters. The highest BCUT2D eigenvalue weighted by atomic mass is 35.5. The summed E-state index contributed by atoms with van der Waals surface area (Å²) in [5.74, 6) is -0.323. The van der Waals surface area contributed by atoms with E-state index in [9.17, 15) is 4.79 Å². The Bertz CT molecular complexity index is 776. The third kappa shape index (κ3) is 3.24. The van der Waals surface area contributed by atoms with Crippen molar-refractivity contribution in [3.05, 3.63) is 59.0 Å². The minimum atomic E-state index is -0.323. The van der Waals surface area contributed by atoms with E-state index in [0.717, 1.165) is 5.56 Å². The van der Waals surface area contributed by atoms with E-state index in [0.29, 0.717) is 15.8 Å². The summed E-state index contributed by atoms with van der Waals surface area (Å²) in [7, 11) is 0. The quantitative estimate of drug-likeness (QED) is 0.803. The maximum Gasteiger partial charge on any atom is 0.276 e. The van der Waals surface area contributed by atoms with Crippen LogP contribution in [0.25, 0.3) is 11.3 Å². The van der Waals surface area contributed by atoms with Crippen molar-refractivity contribution in [2.75, 3.05) is 5.32 Å². The molecule has 0 aliphatic heterocycles. The lowest BCUT2D eigenvalue weighted by Crippen LogP contribution is -2.13. The van der Waals surface area contributed by atoms with Crippen molar-refractivity contribution in [2.45, 2.75) is 0 Å². The molecule has 1 aromatic carbocycles. The van der Waals surface area contributed by atoms with Gasteiger partial charge in [-0.1, -0.05) is 23.7 Å². The summed E-state index contributed by atoms with van der Waals surface area (Å²) < 4.78 is 0. The van der Waals surface area contributed by atoms with E-state index in [-0.39, 0.29) is 11.6 Å². The molecule has 0 radical (unpaired) electrons. The number of nitrogens with zero attached hydrogens (tertiary/aromatic N) is 3. The van der Waals surface area contributed by atoms with Gasteiger partial charge in [0.1, 0.15) is 12.0 Å². The van der Waals surface area contributed by atoms with Crippen molar-refractivity contribution in [3.63, 3.8) is 0 Å². The summed E-state index contributed by atoms with van der Waals surface area (Å²) in [6.45, 7) is 0. The topological polar surface area (TPSA) is 67.8 Å². The van der Waals surface area contributed by atoms with Gasteiger partial charge in [-0.2, -0.15) is 0 Å². The number of thiazole rings is 1. The number of anilines is 1. The standard InChI is InChI=1S/C14H9ClN4OS/c15-10-3-1-2-9(6-10)11-7-12(18-8-17-11)13(20)19-14-16-4-5-21-14/h1-8H,(H,16,19,20). The molecule has 2 aromatic heterocycles. The van der Waals surface area contributed by atoms with Crippen LogP contribution in [-0.4, -0.2) is 20.9 Å². The van der Waals surface area contributed by atoms with Crippen molar-refractivity contribution in [1.82, 2.24) is 15.0 Å². The Labute approximate surface area is 129 Å². The molecule has 21 heavy (non-hydrogen) atoms. The molecule has 0 aliphatic rings. The minimum absolute atomic E-state index is 0.273. The normalized spacial score (nSPS) is 10.3. The molecule has 5 nitrogen and oxygen atoms in total. The third-order valence-corrected chi connectivity index (χ3v) is 3.60. The molecule has 1 amide bonds. The molecule has 0 aliphatic carbocycles. The van der Waals surface area contributed by atoms with Gasteiger partial charge in [0.2, 0.25) is 0 Å². The average Bonchev–Trinajstić information content (AvgIpc) is 3.00. The minimum Gasteiger partial charge on any atom is -0.296 e. The van der Waals surface area contributed by atoms with Crippen LogP contribution in [0.4, 0.5) is 5.13 Å². The lowest BCUT2D eigenvalue weighted by atomic mass is 10.1. The molecule has 3 aromatic rings. The number of carbonyl (C=O) groups excluding carboxylic acids is 1. The van der Waals surface area contributed by atoms with Gasteiger partial charge in [0.15, 0.2) is 5.13 Å². The van der Waals surface area contributed by atoms with Crippen LogP contribution in [0.15, 0.2) is 48.2 Å². The van der Waals surface area contributed by atoms with Gasteiger partial charge in [-0.05, 0) is 18.2 Å². The number of benzene rings is 1. The van der Waals surface area contributed by atoms with Crippen LogP contribution in [0.1, 0.15) is 10.5 Å². The van der Waals surface area contributed by atoms with Crippen LogP contribution in [0.5, 0.6) is 0 Å². The Morgan fingerprint density at radius 2 is 2.10 bits per heavy atom. The molecule has 3 rings (SSSR count). The second-order valence-electron chi connectivity index (χ2n) is 4.09. The zero-order chi connectivity index (χ0) is 14.7. The van der Waals surface area contributed by atoms with Crippen molar-refractivity contribution in [1.29, 1.82) is 0 Å². The molecule has 104 valence electrons. The molecule has 0 bridgehead atoms. The maximum atomic E-state index is 12.1. The molecule has 1 N–H and O–H groups in total. The summed E-state index contributed by atoms with van der Waals surface area (Å²) in [5.41, 5.74) is 1.74. The average molecular weight is 317 g/mol. The maximum absolute atomic E-state index is 12.1. The van der Waals surface area contributed by atoms with Crippen LogP contribution in [0, 0.1) is 0 Å². The Balaban J connectivity index is 1.88. The van der Waals surface area contributed by atoms with E-state index in [1.54, 1.807) is 29.8 Å². The molecule has 0 fully saturated rings. The van der Waals surface area contributed by atoms with E-state index in [2.05, 4.69) is 20.3 Å². The van der Waals surface area contributed by atoms with Gasteiger partial charge >= 0.3 is 0 Å². The lowest BCUT2D eigenvalue weighted by Gasteiger charge is -2.04. The molecular weight excluding hydrogens is 308 g/mol. The first-order chi connectivity index (χ1) is 10.2. The summed E-state index contributed by atoms with van der Waals surface area (Å²) in [4.78, 5) is 24.3. The highest BCUT2D eigenvalue weighted by Crippen LogP contribution is 2.21. The van der Waals surface area contributed by atoms with Crippen LogP contribution in [-0.2, 0) is 0 Å². The number of amides is 1. The lowest BCUT2D eigenvalue weighted by molar-refractivity contribution is 0.102. The Kier molecular flexibility index (Phi) is 3.89. The number of hydrogen-bond donors (Lipinski definition) is 1. The predicted octanol–water partition coefficient (Wildman–Crippen LogP) is 3.51. The first-order valence-electron chi connectivity index (χ1n) is 6.01. The first-order valence-corrected chi connectivity index (χ1v) is 7.27. The Hall–Kier alpha value is -2.31. The zero-order valence-corrected chi connectivity index (χ0v) is 12.2. The Morgan fingerprint density at radius 1 is 1.19 bits per heavy atom. The third-order valence-electron chi connectivity index (χ3n) is 2.67. The van der Waals surface area contributed by atoms with Crippen molar-refractivity contribution >= 4 is 34.0 Å². The van der Waals surface area contributed by atoms with Crippen molar-refractivity contribution < 1.29 is 4.79 Å². The molecular formula is C14H9ClN4OS. The molecule has 7 heteroatoms. The van der Waals surface area contributed by atoms with Crippen LogP contribution in [0.3, 0.4) is 0 Å². The van der Waals surface area contributed by atoms with Gasteiger partial charge in [-0.3, -0.25) is 10.1 Å². The summed E-state index contributed by atoms with van der Waals surface area (Å²) >= 11 is 7.31. The van der Waals surface area contributed by atoms with Gasteiger partial charge in [0.25, 0.3) is 5.91 Å². The van der Waals surface area contributed by atoms with Gasteiger partial charge in [-0.15, -0.1) is 11.3 Å². The number of nitrogens with one attached hydrogen (secondary N) is 1. The van der Waals surface area contributed by atoms with Gasteiger partial charge < -0.3 is 0 Å². The summed E-state index contributed by atoms with van der Waals surface area (Å²) in [6, 6.07) is 8.88. The van der Waals surface area contributed by atoms with E-state index in [1.165, 1.54) is 17.7 Å². The Morgan fingerprint density at radius 3 is 2.86 bits per heavy atom. The van der Waals surface area contributed by atoms with Crippen LogP contribution >= 0.6 is 22.9 Å². The number of rotatable bonds is 3. The van der Waals surface area contributed by atoms with Crippen LogP contribution < -0.4 is 5.32 Å². The van der Waals surface area contributed by atoms with E-state index in [1.807, 2.05) is 12.1 Å². The monoisotopic (exact) mass is 316 g/mol. The van der Waals surface area contributed by atoms with Crippen molar-refractivity contribution in [2.24, 2.45) is 0 Å². The molecule has 0 spiro atoms. The summed E-state index contributed by atoms with van der Waals surface area (Å²) in [6.07, 6.45) is 2.98. The molecule has 0 saturated carbocycles. The number of hydrogen-bond acceptors (Lipinski definition) is 5. The second-order valence-corrected chi connectivity index (χ2v) is 5.42. The highest BCUT2D eigenvalue weighted by molar-refractivity contribution is 7.13. The fraction of sp³-hybridized carbons (Fsp3) is 0. The molecule has 0 atom stereocenters. The van der Waals surface area contributed by atoms with E-state index in [4.69, 9.17) is 11.6 Å². The zero-order valence-electron chi connectivity index (χ0n) is 10.7. The second kappa shape index (κ2) is 5.99. The van der Waals surface area contributed by atoms with Crippen LogP contribution in [0.2, 0.25) is 5.02 Å². The van der Waals surface area contributed by atoms with E-state index < -0.39 is 0 Å². The number of aromatic nitrogens is 3. The molecule has 2 heterocycles.